The van der Waals surface area contributed by atoms with E-state index >= 15 is 0 Å². The summed E-state index contributed by atoms with van der Waals surface area (Å²) in [5.74, 6) is -0.0818. The third kappa shape index (κ3) is 2.72. The molecule has 0 aliphatic heterocycles. The summed E-state index contributed by atoms with van der Waals surface area (Å²) in [6, 6.07) is 7.32. The Hall–Kier alpha value is -0.960. The number of hydrogen-bond donors (Lipinski definition) is 0. The number of benzene rings is 1. The Morgan fingerprint density at radius 3 is 2.89 bits per heavy atom. The highest BCUT2D eigenvalue weighted by molar-refractivity contribution is 9.10. The zero-order valence-electron chi connectivity index (χ0n) is 10.5. The zero-order valence-corrected chi connectivity index (χ0v) is 12.1. The SMILES string of the molecule is CC[C@H]1CCCC(=O)[C@@H]1C(=O)c1cccc(Br)c1. The molecule has 2 rings (SSSR count). The van der Waals surface area contributed by atoms with Gasteiger partial charge in [-0.3, -0.25) is 9.59 Å². The monoisotopic (exact) mass is 308 g/mol. The average molecular weight is 309 g/mol. The number of carbonyl (C=O) groups excluding carboxylic acids is 2. The summed E-state index contributed by atoms with van der Waals surface area (Å²) in [6.45, 7) is 2.06. The minimum Gasteiger partial charge on any atom is -0.299 e. The van der Waals surface area contributed by atoms with E-state index in [1.165, 1.54) is 0 Å². The zero-order chi connectivity index (χ0) is 13.1. The molecule has 0 aromatic heterocycles. The molecule has 3 heteroatoms. The fourth-order valence-electron chi connectivity index (χ4n) is 2.74. The molecule has 1 aromatic carbocycles. The van der Waals surface area contributed by atoms with Gasteiger partial charge in [0.25, 0.3) is 0 Å². The Bertz CT molecular complexity index is 467. The van der Waals surface area contributed by atoms with Crippen LogP contribution >= 0.6 is 15.9 Å². The lowest BCUT2D eigenvalue weighted by Gasteiger charge is -2.28. The van der Waals surface area contributed by atoms with Gasteiger partial charge in [-0.1, -0.05) is 41.4 Å². The molecular weight excluding hydrogens is 292 g/mol. The van der Waals surface area contributed by atoms with Crippen molar-refractivity contribution in [2.45, 2.75) is 32.6 Å². The highest BCUT2D eigenvalue weighted by Gasteiger charge is 2.36. The van der Waals surface area contributed by atoms with Crippen LogP contribution in [0.4, 0.5) is 0 Å². The lowest BCUT2D eigenvalue weighted by atomic mass is 9.73. The maximum Gasteiger partial charge on any atom is 0.173 e. The van der Waals surface area contributed by atoms with Crippen molar-refractivity contribution in [3.8, 4) is 0 Å². The Balaban J connectivity index is 2.28. The molecule has 0 heterocycles. The van der Waals surface area contributed by atoms with E-state index in [1.54, 1.807) is 12.1 Å². The van der Waals surface area contributed by atoms with Crippen LogP contribution in [0.25, 0.3) is 0 Å². The Labute approximate surface area is 116 Å². The molecule has 2 atom stereocenters. The number of Topliss-reactive ketones (excluding diaryl/α,β-unsaturated/α-hetero) is 2. The molecule has 1 aliphatic carbocycles. The smallest absolute Gasteiger partial charge is 0.173 e. The number of rotatable bonds is 3. The number of halogens is 1. The maximum absolute atomic E-state index is 12.5. The molecule has 1 fully saturated rings. The average Bonchev–Trinajstić information content (AvgIpc) is 2.37. The van der Waals surface area contributed by atoms with E-state index in [4.69, 9.17) is 0 Å². The molecular formula is C15H17BrO2. The topological polar surface area (TPSA) is 34.1 Å². The lowest BCUT2D eigenvalue weighted by molar-refractivity contribution is -0.124. The number of ketones is 2. The third-order valence-corrected chi connectivity index (χ3v) is 4.23. The highest BCUT2D eigenvalue weighted by atomic mass is 79.9. The van der Waals surface area contributed by atoms with Crippen LogP contribution in [0.2, 0.25) is 0 Å². The van der Waals surface area contributed by atoms with Gasteiger partial charge in [0.05, 0.1) is 5.92 Å². The largest absolute Gasteiger partial charge is 0.299 e. The summed E-state index contributed by atoms with van der Waals surface area (Å²) in [4.78, 5) is 24.5. The second kappa shape index (κ2) is 5.79. The first kappa shape index (κ1) is 13.5. The number of carbonyl (C=O) groups is 2. The van der Waals surface area contributed by atoms with Gasteiger partial charge in [-0.25, -0.2) is 0 Å². The highest BCUT2D eigenvalue weighted by Crippen LogP contribution is 2.32. The van der Waals surface area contributed by atoms with Gasteiger partial charge in [0.15, 0.2) is 5.78 Å². The molecule has 0 radical (unpaired) electrons. The van der Waals surface area contributed by atoms with Gasteiger partial charge in [0.1, 0.15) is 5.78 Å². The van der Waals surface area contributed by atoms with E-state index in [-0.39, 0.29) is 17.5 Å². The second-order valence-corrected chi connectivity index (χ2v) is 5.79. The molecule has 0 unspecified atom stereocenters. The summed E-state index contributed by atoms with van der Waals surface area (Å²) in [6.07, 6.45) is 3.38. The van der Waals surface area contributed by atoms with E-state index in [1.807, 2.05) is 12.1 Å². The van der Waals surface area contributed by atoms with Crippen molar-refractivity contribution in [2.24, 2.45) is 11.8 Å². The first-order valence-electron chi connectivity index (χ1n) is 6.46. The van der Waals surface area contributed by atoms with E-state index in [2.05, 4.69) is 22.9 Å². The molecule has 18 heavy (non-hydrogen) atoms. The van der Waals surface area contributed by atoms with Crippen molar-refractivity contribution in [1.82, 2.24) is 0 Å². The molecule has 2 nitrogen and oxygen atoms in total. The maximum atomic E-state index is 12.5. The lowest BCUT2D eigenvalue weighted by Crippen LogP contribution is -2.34. The van der Waals surface area contributed by atoms with E-state index < -0.39 is 5.92 Å². The van der Waals surface area contributed by atoms with Crippen molar-refractivity contribution < 1.29 is 9.59 Å². The standard InChI is InChI=1S/C15H17BrO2/c1-2-10-5-4-8-13(17)14(10)15(18)11-6-3-7-12(16)9-11/h3,6-7,9-10,14H,2,4-5,8H2,1H3/t10-,14+/m0/s1. The fourth-order valence-corrected chi connectivity index (χ4v) is 3.14. The van der Waals surface area contributed by atoms with Crippen LogP contribution in [0, 0.1) is 11.8 Å². The normalized spacial score (nSPS) is 24.0. The van der Waals surface area contributed by atoms with Crippen LogP contribution < -0.4 is 0 Å². The fraction of sp³-hybridized carbons (Fsp3) is 0.467. The van der Waals surface area contributed by atoms with E-state index in [9.17, 15) is 9.59 Å². The van der Waals surface area contributed by atoms with Gasteiger partial charge in [-0.05, 0) is 30.9 Å². The molecule has 1 aromatic rings. The molecule has 0 spiro atoms. The molecule has 1 saturated carbocycles. The van der Waals surface area contributed by atoms with E-state index in [0.717, 1.165) is 23.7 Å². The van der Waals surface area contributed by atoms with Gasteiger partial charge >= 0.3 is 0 Å². The van der Waals surface area contributed by atoms with E-state index in [0.29, 0.717) is 12.0 Å². The summed E-state index contributed by atoms with van der Waals surface area (Å²) < 4.78 is 0.879. The summed E-state index contributed by atoms with van der Waals surface area (Å²) >= 11 is 3.36. The summed E-state index contributed by atoms with van der Waals surface area (Å²) in [5.41, 5.74) is 0.642. The van der Waals surface area contributed by atoms with Crippen LogP contribution in [0.1, 0.15) is 43.0 Å². The minimum absolute atomic E-state index is 0.00662. The predicted molar refractivity (Wildman–Crippen MR) is 74.6 cm³/mol. The van der Waals surface area contributed by atoms with Gasteiger partial charge in [0.2, 0.25) is 0 Å². The van der Waals surface area contributed by atoms with Crippen LogP contribution in [0.3, 0.4) is 0 Å². The van der Waals surface area contributed by atoms with Crippen LogP contribution in [-0.4, -0.2) is 11.6 Å². The number of hydrogen-bond acceptors (Lipinski definition) is 2. The van der Waals surface area contributed by atoms with Crippen LogP contribution in [0.15, 0.2) is 28.7 Å². The Morgan fingerprint density at radius 1 is 1.44 bits per heavy atom. The van der Waals surface area contributed by atoms with Crippen molar-refractivity contribution in [3.63, 3.8) is 0 Å². The van der Waals surface area contributed by atoms with Gasteiger partial charge in [-0.15, -0.1) is 0 Å². The first-order valence-corrected chi connectivity index (χ1v) is 7.25. The summed E-state index contributed by atoms with van der Waals surface area (Å²) in [5, 5.41) is 0. The molecule has 0 bridgehead atoms. The quantitative estimate of drug-likeness (QED) is 0.624. The second-order valence-electron chi connectivity index (χ2n) is 4.88. The summed E-state index contributed by atoms with van der Waals surface area (Å²) in [7, 11) is 0. The van der Waals surface area contributed by atoms with Crippen molar-refractivity contribution in [1.29, 1.82) is 0 Å². The van der Waals surface area contributed by atoms with Crippen LogP contribution in [0.5, 0.6) is 0 Å². The predicted octanol–water partition coefficient (Wildman–Crippen LogP) is 4.03. The molecule has 0 amide bonds. The Morgan fingerprint density at radius 2 is 2.22 bits per heavy atom. The van der Waals surface area contributed by atoms with Gasteiger partial charge < -0.3 is 0 Å². The molecule has 1 aliphatic rings. The molecule has 0 saturated heterocycles. The van der Waals surface area contributed by atoms with Crippen molar-refractivity contribution in [3.05, 3.63) is 34.3 Å². The van der Waals surface area contributed by atoms with Crippen LogP contribution in [-0.2, 0) is 4.79 Å². The first-order chi connectivity index (χ1) is 8.63. The van der Waals surface area contributed by atoms with Gasteiger partial charge in [-0.2, -0.15) is 0 Å². The van der Waals surface area contributed by atoms with Crippen molar-refractivity contribution >= 4 is 27.5 Å². The Kier molecular flexibility index (Phi) is 4.33. The molecule has 0 N–H and O–H groups in total. The third-order valence-electron chi connectivity index (χ3n) is 3.73. The van der Waals surface area contributed by atoms with Gasteiger partial charge in [0, 0.05) is 16.5 Å². The minimum atomic E-state index is -0.418. The van der Waals surface area contributed by atoms with Crippen molar-refractivity contribution in [2.75, 3.05) is 0 Å². The molecule has 96 valence electrons.